The Hall–Kier alpha value is -2.56. The number of nitrogens with one attached hydrogen (secondary N) is 2. The van der Waals surface area contributed by atoms with Crippen LogP contribution in [0.1, 0.15) is 16.1 Å². The van der Waals surface area contributed by atoms with Crippen LogP contribution in [0.25, 0.3) is 10.9 Å². The fraction of sp³-hybridized carbons (Fsp3) is 0.200. The molecule has 0 unspecified atom stereocenters. The van der Waals surface area contributed by atoms with Crippen molar-refractivity contribution in [1.82, 2.24) is 20.1 Å². The van der Waals surface area contributed by atoms with Crippen molar-refractivity contribution in [2.75, 3.05) is 6.54 Å². The number of H-pyrrole nitrogens is 1. The molecule has 5 nitrogen and oxygen atoms in total. The Bertz CT molecular complexity index is 741. The van der Waals surface area contributed by atoms with Gasteiger partial charge in [-0.05, 0) is 12.1 Å². The highest BCUT2D eigenvalue weighted by Crippen LogP contribution is 2.17. The van der Waals surface area contributed by atoms with Crippen LogP contribution in [-0.4, -0.2) is 27.2 Å². The molecule has 0 spiro atoms. The van der Waals surface area contributed by atoms with Crippen LogP contribution in [0, 0.1) is 0 Å². The molecule has 1 amide bonds. The van der Waals surface area contributed by atoms with Gasteiger partial charge in [-0.25, -0.2) is 0 Å². The zero-order valence-corrected chi connectivity index (χ0v) is 11.3. The molecule has 0 fully saturated rings. The third-order valence-corrected chi connectivity index (χ3v) is 3.42. The summed E-state index contributed by atoms with van der Waals surface area (Å²) in [5.41, 5.74) is 2.76. The van der Waals surface area contributed by atoms with Gasteiger partial charge in [-0.2, -0.15) is 5.10 Å². The van der Waals surface area contributed by atoms with Gasteiger partial charge >= 0.3 is 0 Å². The van der Waals surface area contributed by atoms with E-state index in [1.54, 1.807) is 12.4 Å². The molecule has 2 heterocycles. The maximum Gasteiger partial charge on any atom is 0.253 e. The lowest BCUT2D eigenvalue weighted by Gasteiger charge is -2.05. The summed E-state index contributed by atoms with van der Waals surface area (Å²) in [7, 11) is 1.90. The van der Waals surface area contributed by atoms with Crippen molar-refractivity contribution in [1.29, 1.82) is 0 Å². The summed E-state index contributed by atoms with van der Waals surface area (Å²) >= 11 is 0. The van der Waals surface area contributed by atoms with Crippen molar-refractivity contribution in [2.45, 2.75) is 6.42 Å². The first-order valence-corrected chi connectivity index (χ1v) is 6.57. The molecule has 3 aromatic rings. The average molecular weight is 268 g/mol. The third-order valence-electron chi connectivity index (χ3n) is 3.42. The number of aryl methyl sites for hydroxylation is 1. The molecule has 0 bridgehead atoms. The van der Waals surface area contributed by atoms with Gasteiger partial charge in [0.2, 0.25) is 0 Å². The Morgan fingerprint density at radius 2 is 2.20 bits per heavy atom. The second-order valence-corrected chi connectivity index (χ2v) is 4.70. The number of fused-ring (bicyclic) bond motifs is 1. The summed E-state index contributed by atoms with van der Waals surface area (Å²) in [6.45, 7) is 0.595. The van der Waals surface area contributed by atoms with Crippen LogP contribution in [0.15, 0.2) is 42.7 Å². The number of amides is 1. The molecule has 3 rings (SSSR count). The van der Waals surface area contributed by atoms with E-state index in [-0.39, 0.29) is 5.91 Å². The Kier molecular flexibility index (Phi) is 3.25. The van der Waals surface area contributed by atoms with E-state index in [0.29, 0.717) is 12.1 Å². The smallest absolute Gasteiger partial charge is 0.253 e. The summed E-state index contributed by atoms with van der Waals surface area (Å²) in [5.74, 6) is -0.0513. The lowest BCUT2D eigenvalue weighted by Crippen LogP contribution is -2.26. The minimum Gasteiger partial charge on any atom is -0.360 e. The van der Waals surface area contributed by atoms with E-state index in [9.17, 15) is 4.79 Å². The molecule has 0 aliphatic heterocycles. The molecular weight excluding hydrogens is 252 g/mol. The summed E-state index contributed by atoms with van der Waals surface area (Å²) < 4.78 is 1.82. The molecule has 20 heavy (non-hydrogen) atoms. The second-order valence-electron chi connectivity index (χ2n) is 4.70. The van der Waals surface area contributed by atoms with Gasteiger partial charge in [0.25, 0.3) is 5.91 Å². The van der Waals surface area contributed by atoms with Crippen molar-refractivity contribution in [3.05, 3.63) is 54.0 Å². The van der Waals surface area contributed by atoms with Crippen molar-refractivity contribution in [3.63, 3.8) is 0 Å². The van der Waals surface area contributed by atoms with E-state index in [1.165, 1.54) is 0 Å². The standard InChI is InChI=1S/C15H16N4O/c1-19-11(7-9-18-19)6-8-16-15(20)13-10-17-14-5-3-2-4-12(13)14/h2-5,7,9-10,17H,6,8H2,1H3,(H,16,20). The molecule has 0 radical (unpaired) electrons. The molecule has 0 aliphatic carbocycles. The van der Waals surface area contributed by atoms with Crippen molar-refractivity contribution >= 4 is 16.8 Å². The molecule has 5 heteroatoms. The summed E-state index contributed by atoms with van der Waals surface area (Å²) in [5, 5.41) is 8.00. The third kappa shape index (κ3) is 2.30. The monoisotopic (exact) mass is 268 g/mol. The number of para-hydroxylation sites is 1. The van der Waals surface area contributed by atoms with Crippen LogP contribution in [0.5, 0.6) is 0 Å². The van der Waals surface area contributed by atoms with Gasteiger partial charge in [-0.15, -0.1) is 0 Å². The topological polar surface area (TPSA) is 62.7 Å². The van der Waals surface area contributed by atoms with Crippen LogP contribution in [0.4, 0.5) is 0 Å². The predicted molar refractivity (Wildman–Crippen MR) is 77.5 cm³/mol. The number of benzene rings is 1. The second kappa shape index (κ2) is 5.21. The van der Waals surface area contributed by atoms with Gasteiger partial charge in [0.15, 0.2) is 0 Å². The first kappa shape index (κ1) is 12.5. The number of hydrogen-bond acceptors (Lipinski definition) is 2. The molecule has 0 atom stereocenters. The van der Waals surface area contributed by atoms with Crippen LogP contribution < -0.4 is 5.32 Å². The highest BCUT2D eigenvalue weighted by Gasteiger charge is 2.11. The van der Waals surface area contributed by atoms with E-state index in [4.69, 9.17) is 0 Å². The maximum absolute atomic E-state index is 12.2. The SMILES string of the molecule is Cn1nccc1CCNC(=O)c1c[nH]c2ccccc12. The first-order chi connectivity index (χ1) is 9.75. The number of carbonyl (C=O) groups excluding carboxylic acids is 1. The van der Waals surface area contributed by atoms with Gasteiger partial charge < -0.3 is 10.3 Å². The van der Waals surface area contributed by atoms with Crippen LogP contribution in [-0.2, 0) is 13.5 Å². The van der Waals surface area contributed by atoms with Gasteiger partial charge in [0.05, 0.1) is 5.56 Å². The molecular formula is C15H16N4O. The summed E-state index contributed by atoms with van der Waals surface area (Å²) in [6.07, 6.45) is 4.28. The number of aromatic amines is 1. The molecule has 2 N–H and O–H groups in total. The maximum atomic E-state index is 12.2. The molecule has 0 aliphatic rings. The van der Waals surface area contributed by atoms with Gasteiger partial charge in [-0.1, -0.05) is 18.2 Å². The Labute approximate surface area is 116 Å². The quantitative estimate of drug-likeness (QED) is 0.759. The molecule has 102 valence electrons. The highest BCUT2D eigenvalue weighted by atomic mass is 16.1. The van der Waals surface area contributed by atoms with E-state index in [1.807, 2.05) is 42.1 Å². The molecule has 0 saturated heterocycles. The number of nitrogens with zero attached hydrogens (tertiary/aromatic N) is 2. The Morgan fingerprint density at radius 1 is 1.35 bits per heavy atom. The normalized spacial score (nSPS) is 10.8. The summed E-state index contributed by atoms with van der Waals surface area (Å²) in [4.78, 5) is 15.3. The van der Waals surface area contributed by atoms with Crippen molar-refractivity contribution in [3.8, 4) is 0 Å². The fourth-order valence-corrected chi connectivity index (χ4v) is 2.31. The van der Waals surface area contributed by atoms with E-state index >= 15 is 0 Å². The van der Waals surface area contributed by atoms with E-state index < -0.39 is 0 Å². The number of hydrogen-bond donors (Lipinski definition) is 2. The summed E-state index contributed by atoms with van der Waals surface area (Å²) in [6, 6.07) is 9.74. The Morgan fingerprint density at radius 3 is 3.00 bits per heavy atom. The van der Waals surface area contributed by atoms with Gasteiger partial charge in [0, 0.05) is 49.0 Å². The molecule has 1 aromatic carbocycles. The van der Waals surface area contributed by atoms with Crippen LogP contribution >= 0.6 is 0 Å². The predicted octanol–water partition coefficient (Wildman–Crippen LogP) is 1.87. The zero-order chi connectivity index (χ0) is 13.9. The molecule has 2 aromatic heterocycles. The first-order valence-electron chi connectivity index (χ1n) is 6.57. The minimum absolute atomic E-state index is 0.0513. The highest BCUT2D eigenvalue weighted by molar-refractivity contribution is 6.06. The van der Waals surface area contributed by atoms with Crippen molar-refractivity contribution < 1.29 is 4.79 Å². The van der Waals surface area contributed by atoms with E-state index in [2.05, 4.69) is 15.4 Å². The van der Waals surface area contributed by atoms with Gasteiger partial charge in [-0.3, -0.25) is 9.48 Å². The van der Waals surface area contributed by atoms with Crippen LogP contribution in [0.2, 0.25) is 0 Å². The zero-order valence-electron chi connectivity index (χ0n) is 11.3. The lowest BCUT2D eigenvalue weighted by molar-refractivity contribution is 0.0955. The van der Waals surface area contributed by atoms with Crippen molar-refractivity contribution in [2.24, 2.45) is 7.05 Å². The minimum atomic E-state index is -0.0513. The average Bonchev–Trinajstić information content (AvgIpc) is 3.05. The number of carbonyl (C=O) groups is 1. The van der Waals surface area contributed by atoms with E-state index in [0.717, 1.165) is 23.0 Å². The number of aromatic nitrogens is 3. The van der Waals surface area contributed by atoms with Gasteiger partial charge in [0.1, 0.15) is 0 Å². The lowest BCUT2D eigenvalue weighted by atomic mass is 10.1. The largest absolute Gasteiger partial charge is 0.360 e. The Balaban J connectivity index is 1.66. The molecule has 0 saturated carbocycles. The van der Waals surface area contributed by atoms with Crippen LogP contribution in [0.3, 0.4) is 0 Å². The fourth-order valence-electron chi connectivity index (χ4n) is 2.31. The number of rotatable bonds is 4.